The quantitative estimate of drug-likeness (QED) is 0.691. The van der Waals surface area contributed by atoms with E-state index in [-0.39, 0.29) is 12.2 Å². The number of hydrogen-bond acceptors (Lipinski definition) is 4. The number of aliphatic carboxylic acids is 1. The summed E-state index contributed by atoms with van der Waals surface area (Å²) in [7, 11) is -3.33. The fourth-order valence-corrected chi connectivity index (χ4v) is 3.77. The highest BCUT2D eigenvalue weighted by Crippen LogP contribution is 2.17. The number of carboxylic acids is 1. The Morgan fingerprint density at radius 3 is 2.28 bits per heavy atom. The molecule has 0 spiro atoms. The van der Waals surface area contributed by atoms with E-state index >= 15 is 0 Å². The topological polar surface area (TPSA) is 80.7 Å². The first-order valence-corrected chi connectivity index (χ1v) is 9.77. The minimum atomic E-state index is -3.33. The van der Waals surface area contributed by atoms with E-state index in [1.807, 2.05) is 19.1 Å². The Morgan fingerprint density at radius 1 is 1.04 bits per heavy atom. The number of unbranched alkanes of at least 4 members (excludes halogenated alkanes) is 1. The molecule has 0 bridgehead atoms. The van der Waals surface area contributed by atoms with Gasteiger partial charge in [0.15, 0.2) is 15.9 Å². The average Bonchev–Trinajstić information content (AvgIpc) is 2.60. The molecule has 0 saturated carbocycles. The molecule has 6 heteroatoms. The molecule has 2 aromatic rings. The summed E-state index contributed by atoms with van der Waals surface area (Å²) in [6.07, 6.45) is 0.114. The maximum Gasteiger partial charge on any atom is 0.344 e. The number of carbonyl (C=O) groups is 1. The summed E-state index contributed by atoms with van der Waals surface area (Å²) in [5.41, 5.74) is 1.06. The number of sulfone groups is 1. The molecule has 134 valence electrons. The van der Waals surface area contributed by atoms with E-state index in [2.05, 4.69) is 0 Å². The molecule has 25 heavy (non-hydrogen) atoms. The van der Waals surface area contributed by atoms with Crippen LogP contribution >= 0.6 is 0 Å². The Balaban J connectivity index is 1.85. The molecule has 1 atom stereocenters. The third-order valence-electron chi connectivity index (χ3n) is 3.81. The molecule has 1 N–H and O–H groups in total. The van der Waals surface area contributed by atoms with E-state index in [1.54, 1.807) is 42.5 Å². The molecule has 0 saturated heterocycles. The lowest BCUT2D eigenvalue weighted by Crippen LogP contribution is -2.27. The SMILES string of the molecule is Cc1ccc(OC(CCCCS(=O)(=O)c2ccccc2)C(=O)O)cc1. The van der Waals surface area contributed by atoms with Crippen molar-refractivity contribution in [1.82, 2.24) is 0 Å². The fraction of sp³-hybridized carbons (Fsp3) is 0.316. The van der Waals surface area contributed by atoms with Crippen molar-refractivity contribution >= 4 is 15.8 Å². The van der Waals surface area contributed by atoms with Crippen LogP contribution in [0.4, 0.5) is 0 Å². The number of benzene rings is 2. The van der Waals surface area contributed by atoms with Crippen molar-refractivity contribution in [2.45, 2.75) is 37.2 Å². The van der Waals surface area contributed by atoms with Gasteiger partial charge in [0.2, 0.25) is 0 Å². The van der Waals surface area contributed by atoms with E-state index in [1.165, 1.54) is 0 Å². The molecule has 0 amide bonds. The first-order valence-electron chi connectivity index (χ1n) is 8.12. The summed E-state index contributed by atoms with van der Waals surface area (Å²) in [5.74, 6) is -0.560. The van der Waals surface area contributed by atoms with Crippen LogP contribution in [0.1, 0.15) is 24.8 Å². The minimum absolute atomic E-state index is 0.00607. The molecule has 0 aliphatic rings. The van der Waals surface area contributed by atoms with Crippen molar-refractivity contribution in [3.8, 4) is 5.75 Å². The van der Waals surface area contributed by atoms with E-state index in [0.717, 1.165) is 5.56 Å². The lowest BCUT2D eigenvalue weighted by atomic mass is 10.1. The highest BCUT2D eigenvalue weighted by atomic mass is 32.2. The van der Waals surface area contributed by atoms with Crippen molar-refractivity contribution in [3.63, 3.8) is 0 Å². The summed E-state index contributed by atoms with van der Waals surface area (Å²) in [6.45, 7) is 1.94. The molecule has 2 aromatic carbocycles. The van der Waals surface area contributed by atoms with Gasteiger partial charge in [-0.05, 0) is 50.5 Å². The second-order valence-corrected chi connectivity index (χ2v) is 7.99. The van der Waals surface area contributed by atoms with E-state index in [4.69, 9.17) is 4.74 Å². The standard InChI is InChI=1S/C19H22O5S/c1-15-10-12-16(13-11-15)24-18(19(20)21)9-5-6-14-25(22,23)17-7-3-2-4-8-17/h2-4,7-8,10-13,18H,5-6,9,14H2,1H3,(H,20,21). The largest absolute Gasteiger partial charge is 0.479 e. The molecule has 0 heterocycles. The number of aryl methyl sites for hydroxylation is 1. The zero-order valence-electron chi connectivity index (χ0n) is 14.1. The van der Waals surface area contributed by atoms with Gasteiger partial charge in [-0.1, -0.05) is 35.9 Å². The summed E-state index contributed by atoms with van der Waals surface area (Å²) in [5, 5.41) is 9.28. The van der Waals surface area contributed by atoms with Gasteiger partial charge in [-0.15, -0.1) is 0 Å². The predicted octanol–water partition coefficient (Wildman–Crippen LogP) is 3.47. The molecule has 0 aliphatic heterocycles. The monoisotopic (exact) mass is 362 g/mol. The van der Waals surface area contributed by atoms with Crippen molar-refractivity contribution < 1.29 is 23.1 Å². The summed E-state index contributed by atoms with van der Waals surface area (Å²) in [6, 6.07) is 15.4. The summed E-state index contributed by atoms with van der Waals surface area (Å²) in [4.78, 5) is 11.6. The van der Waals surface area contributed by atoms with Crippen molar-refractivity contribution in [2.24, 2.45) is 0 Å². The third-order valence-corrected chi connectivity index (χ3v) is 5.62. The molecule has 5 nitrogen and oxygen atoms in total. The van der Waals surface area contributed by atoms with Crippen LogP contribution in [-0.2, 0) is 14.6 Å². The Bertz CT molecular complexity index is 782. The van der Waals surface area contributed by atoms with Gasteiger partial charge in [0.05, 0.1) is 10.6 Å². The van der Waals surface area contributed by atoms with Crippen LogP contribution in [0.25, 0.3) is 0 Å². The summed E-state index contributed by atoms with van der Waals surface area (Å²) >= 11 is 0. The predicted molar refractivity (Wildman–Crippen MR) is 95.6 cm³/mol. The van der Waals surface area contributed by atoms with Gasteiger partial charge in [0.25, 0.3) is 0 Å². The van der Waals surface area contributed by atoms with Crippen LogP contribution < -0.4 is 4.74 Å². The minimum Gasteiger partial charge on any atom is -0.479 e. The molecule has 1 unspecified atom stereocenters. The molecule has 2 rings (SSSR count). The summed E-state index contributed by atoms with van der Waals surface area (Å²) < 4.78 is 29.9. The van der Waals surface area contributed by atoms with Gasteiger partial charge in [-0.2, -0.15) is 0 Å². The average molecular weight is 362 g/mol. The van der Waals surface area contributed by atoms with Crippen LogP contribution in [0.15, 0.2) is 59.5 Å². The van der Waals surface area contributed by atoms with Gasteiger partial charge in [0.1, 0.15) is 5.75 Å². The normalized spacial score (nSPS) is 12.5. The van der Waals surface area contributed by atoms with Crippen molar-refractivity contribution in [1.29, 1.82) is 0 Å². The van der Waals surface area contributed by atoms with Crippen LogP contribution in [0.3, 0.4) is 0 Å². The van der Waals surface area contributed by atoms with Crippen LogP contribution in [0.5, 0.6) is 5.75 Å². The first-order chi connectivity index (χ1) is 11.9. The maximum absolute atomic E-state index is 12.2. The molecule has 0 fully saturated rings. The van der Waals surface area contributed by atoms with Crippen LogP contribution in [-0.4, -0.2) is 31.4 Å². The number of carboxylic acid groups (broad SMARTS) is 1. The molecule has 0 aliphatic carbocycles. The first kappa shape index (κ1) is 19.0. The number of rotatable bonds is 9. The zero-order valence-corrected chi connectivity index (χ0v) is 14.9. The zero-order chi connectivity index (χ0) is 18.3. The maximum atomic E-state index is 12.2. The van der Waals surface area contributed by atoms with Gasteiger partial charge in [-0.3, -0.25) is 0 Å². The molecular formula is C19H22O5S. The van der Waals surface area contributed by atoms with E-state index in [0.29, 0.717) is 23.5 Å². The lowest BCUT2D eigenvalue weighted by Gasteiger charge is -2.15. The Hall–Kier alpha value is -2.34. The lowest BCUT2D eigenvalue weighted by molar-refractivity contribution is -0.145. The number of ether oxygens (including phenoxy) is 1. The number of hydrogen-bond donors (Lipinski definition) is 1. The van der Waals surface area contributed by atoms with Crippen LogP contribution in [0, 0.1) is 6.92 Å². The van der Waals surface area contributed by atoms with Gasteiger partial charge < -0.3 is 9.84 Å². The Kier molecular flexibility index (Phi) is 6.58. The second-order valence-electron chi connectivity index (χ2n) is 5.89. The Labute approximate surface area is 148 Å². The van der Waals surface area contributed by atoms with Gasteiger partial charge in [0, 0.05) is 0 Å². The molecule has 0 radical (unpaired) electrons. The third kappa shape index (κ3) is 5.90. The molecular weight excluding hydrogens is 340 g/mol. The van der Waals surface area contributed by atoms with Gasteiger partial charge >= 0.3 is 5.97 Å². The van der Waals surface area contributed by atoms with Crippen molar-refractivity contribution in [3.05, 3.63) is 60.2 Å². The fourth-order valence-electron chi connectivity index (χ4n) is 2.38. The highest BCUT2D eigenvalue weighted by molar-refractivity contribution is 7.91. The van der Waals surface area contributed by atoms with E-state index in [9.17, 15) is 18.3 Å². The van der Waals surface area contributed by atoms with Gasteiger partial charge in [-0.25, -0.2) is 13.2 Å². The van der Waals surface area contributed by atoms with E-state index < -0.39 is 21.9 Å². The van der Waals surface area contributed by atoms with Crippen molar-refractivity contribution in [2.75, 3.05) is 5.75 Å². The Morgan fingerprint density at radius 2 is 1.68 bits per heavy atom. The second kappa shape index (κ2) is 8.67. The highest BCUT2D eigenvalue weighted by Gasteiger charge is 2.20. The smallest absolute Gasteiger partial charge is 0.344 e. The van der Waals surface area contributed by atoms with Crippen LogP contribution in [0.2, 0.25) is 0 Å². The molecule has 0 aromatic heterocycles.